The molecule has 0 saturated carbocycles. The second kappa shape index (κ2) is 7.46. The number of halogens is 3. The molecule has 4 rings (SSSR count). The number of aryl methyl sites for hydroxylation is 1. The van der Waals surface area contributed by atoms with E-state index in [0.29, 0.717) is 5.56 Å². The van der Waals surface area contributed by atoms with Crippen molar-refractivity contribution in [1.82, 2.24) is 9.71 Å². The van der Waals surface area contributed by atoms with Crippen molar-refractivity contribution in [1.29, 1.82) is 0 Å². The normalized spacial score (nSPS) is 15.6. The first-order chi connectivity index (χ1) is 13.4. The molecule has 0 saturated heterocycles. The van der Waals surface area contributed by atoms with Crippen molar-refractivity contribution in [3.63, 3.8) is 0 Å². The number of aromatic nitrogens is 1. The number of carbonyl (C=O) groups is 1. The monoisotopic (exact) mass is 422 g/mol. The van der Waals surface area contributed by atoms with Gasteiger partial charge in [0.1, 0.15) is 11.2 Å². The molecule has 0 fully saturated rings. The van der Waals surface area contributed by atoms with Crippen LogP contribution in [0.25, 0.3) is 0 Å². The summed E-state index contributed by atoms with van der Waals surface area (Å²) < 4.78 is 43.0. The Morgan fingerprint density at radius 2 is 1.93 bits per heavy atom. The van der Waals surface area contributed by atoms with Crippen molar-refractivity contribution in [2.75, 3.05) is 10.6 Å². The van der Waals surface area contributed by atoms with Crippen molar-refractivity contribution >= 4 is 40.6 Å². The number of benzene rings is 2. The number of nitrogens with one attached hydrogen (secondary N) is 3. The summed E-state index contributed by atoms with van der Waals surface area (Å²) in [6, 6.07) is 4.80. The zero-order chi connectivity index (χ0) is 19.8. The van der Waals surface area contributed by atoms with Gasteiger partial charge in [-0.15, -0.1) is 11.3 Å². The molecule has 0 bridgehead atoms. The van der Waals surface area contributed by atoms with Crippen molar-refractivity contribution in [3.8, 4) is 0 Å². The number of thiazole rings is 1. The highest BCUT2D eigenvalue weighted by Crippen LogP contribution is 2.38. The molecule has 3 N–H and O–H groups in total. The van der Waals surface area contributed by atoms with Crippen LogP contribution in [0.3, 0.4) is 0 Å². The van der Waals surface area contributed by atoms with Gasteiger partial charge in [0, 0.05) is 39.9 Å². The summed E-state index contributed by atoms with van der Waals surface area (Å²) in [6.07, 6.45) is 1.58. The number of hydrogen-bond acceptors (Lipinski definition) is 6. The first-order valence-corrected chi connectivity index (χ1v) is 9.81. The highest BCUT2D eigenvalue weighted by molar-refractivity contribution is 7.97. The van der Waals surface area contributed by atoms with Crippen LogP contribution >= 0.6 is 23.3 Å². The standard InChI is InChI=1S/C18H13F3N4OS2/c1-8-4-9(17(26)23-10-6-11(19)14(21)12(20)7-10)5-13-15(8)24-16(25-28-13)18-22-2-3-27-18/h2-7,16,24-25H,1H3,(H,23,26). The summed E-state index contributed by atoms with van der Waals surface area (Å²) in [5.41, 5.74) is 1.85. The molecule has 1 aliphatic heterocycles. The van der Waals surface area contributed by atoms with E-state index in [1.807, 2.05) is 12.3 Å². The number of anilines is 2. The summed E-state index contributed by atoms with van der Waals surface area (Å²) in [5, 5.41) is 8.51. The molecule has 2 heterocycles. The Morgan fingerprint density at radius 1 is 1.18 bits per heavy atom. The average molecular weight is 422 g/mol. The fourth-order valence-corrected chi connectivity index (χ4v) is 4.40. The minimum absolute atomic E-state index is 0.152. The molecular weight excluding hydrogens is 409 g/mol. The first kappa shape index (κ1) is 18.8. The van der Waals surface area contributed by atoms with Gasteiger partial charge in [-0.05, 0) is 36.6 Å². The SMILES string of the molecule is Cc1cc(C(=O)Nc2cc(F)c(F)c(F)c2)cc2c1NC(c1nccs1)NS2. The third-order valence-electron chi connectivity index (χ3n) is 4.08. The van der Waals surface area contributed by atoms with Gasteiger partial charge in [0.25, 0.3) is 5.91 Å². The molecule has 3 aromatic rings. The lowest BCUT2D eigenvalue weighted by Crippen LogP contribution is -2.27. The molecule has 1 aliphatic rings. The maximum Gasteiger partial charge on any atom is 0.255 e. The van der Waals surface area contributed by atoms with E-state index in [9.17, 15) is 18.0 Å². The fraction of sp³-hybridized carbons (Fsp3) is 0.111. The van der Waals surface area contributed by atoms with Gasteiger partial charge in [-0.3, -0.25) is 4.79 Å². The van der Waals surface area contributed by atoms with Crippen molar-refractivity contribution in [2.24, 2.45) is 0 Å². The molecule has 28 heavy (non-hydrogen) atoms. The number of amides is 1. The van der Waals surface area contributed by atoms with E-state index in [1.165, 1.54) is 23.3 Å². The zero-order valence-electron chi connectivity index (χ0n) is 14.3. The molecular formula is C18H13F3N4OS2. The van der Waals surface area contributed by atoms with Crippen molar-refractivity contribution in [2.45, 2.75) is 18.0 Å². The summed E-state index contributed by atoms with van der Waals surface area (Å²) in [7, 11) is 0. The molecule has 1 atom stereocenters. The third-order valence-corrected chi connectivity index (χ3v) is 5.81. The summed E-state index contributed by atoms with van der Waals surface area (Å²) in [4.78, 5) is 17.6. The molecule has 0 radical (unpaired) electrons. The largest absolute Gasteiger partial charge is 0.362 e. The Bertz CT molecular complexity index is 1040. The van der Waals surface area contributed by atoms with E-state index >= 15 is 0 Å². The second-order valence-electron chi connectivity index (χ2n) is 6.04. The van der Waals surface area contributed by atoms with E-state index in [1.54, 1.807) is 18.3 Å². The molecule has 0 spiro atoms. The molecule has 1 amide bonds. The molecule has 0 aliphatic carbocycles. The van der Waals surface area contributed by atoms with Crippen LogP contribution in [0.5, 0.6) is 0 Å². The van der Waals surface area contributed by atoms with E-state index in [2.05, 4.69) is 20.3 Å². The summed E-state index contributed by atoms with van der Waals surface area (Å²) >= 11 is 2.88. The Morgan fingerprint density at radius 3 is 2.61 bits per heavy atom. The van der Waals surface area contributed by atoms with Crippen LogP contribution in [-0.2, 0) is 0 Å². The lowest BCUT2D eigenvalue weighted by atomic mass is 10.1. The van der Waals surface area contributed by atoms with Crippen LogP contribution < -0.4 is 15.4 Å². The number of fused-ring (bicyclic) bond motifs is 1. The topological polar surface area (TPSA) is 66.0 Å². The molecule has 10 heteroatoms. The average Bonchev–Trinajstić information content (AvgIpc) is 3.20. The smallest absolute Gasteiger partial charge is 0.255 e. The molecule has 1 aromatic heterocycles. The number of hydrogen-bond donors (Lipinski definition) is 3. The van der Waals surface area contributed by atoms with Crippen LogP contribution in [0.15, 0.2) is 40.7 Å². The van der Waals surface area contributed by atoms with Gasteiger partial charge in [0.2, 0.25) is 0 Å². The highest BCUT2D eigenvalue weighted by atomic mass is 32.2. The summed E-state index contributed by atoms with van der Waals surface area (Å²) in [5.74, 6) is -4.87. The van der Waals surface area contributed by atoms with Gasteiger partial charge in [-0.1, -0.05) is 0 Å². The van der Waals surface area contributed by atoms with Crippen LogP contribution in [0.1, 0.15) is 27.1 Å². The second-order valence-corrected chi connectivity index (χ2v) is 7.85. The van der Waals surface area contributed by atoms with Gasteiger partial charge in [0.15, 0.2) is 17.5 Å². The highest BCUT2D eigenvalue weighted by Gasteiger charge is 2.24. The quantitative estimate of drug-likeness (QED) is 0.416. The molecule has 1 unspecified atom stereocenters. The zero-order valence-corrected chi connectivity index (χ0v) is 16.0. The lowest BCUT2D eigenvalue weighted by molar-refractivity contribution is 0.102. The number of nitrogens with zero attached hydrogens (tertiary/aromatic N) is 1. The predicted molar refractivity (Wildman–Crippen MR) is 103 cm³/mol. The maximum absolute atomic E-state index is 13.3. The maximum atomic E-state index is 13.3. The first-order valence-electron chi connectivity index (χ1n) is 8.11. The number of carbonyl (C=O) groups excluding carboxylic acids is 1. The third kappa shape index (κ3) is 3.58. The van der Waals surface area contributed by atoms with Gasteiger partial charge < -0.3 is 10.6 Å². The Hall–Kier alpha value is -2.56. The van der Waals surface area contributed by atoms with Crippen LogP contribution in [0.4, 0.5) is 24.5 Å². The molecule has 144 valence electrons. The lowest BCUT2D eigenvalue weighted by Gasteiger charge is -2.27. The molecule has 2 aromatic carbocycles. The van der Waals surface area contributed by atoms with Gasteiger partial charge in [-0.2, -0.15) is 0 Å². The van der Waals surface area contributed by atoms with E-state index < -0.39 is 23.4 Å². The molecule has 5 nitrogen and oxygen atoms in total. The predicted octanol–water partition coefficient (Wildman–Crippen LogP) is 4.84. The van der Waals surface area contributed by atoms with Gasteiger partial charge >= 0.3 is 0 Å². The number of rotatable bonds is 3. The summed E-state index contributed by atoms with van der Waals surface area (Å²) in [6.45, 7) is 1.85. The van der Waals surface area contributed by atoms with Crippen LogP contribution in [0, 0.1) is 24.4 Å². The Labute approximate surface area is 166 Å². The van der Waals surface area contributed by atoms with Gasteiger partial charge in [0.05, 0.1) is 5.69 Å². The fourth-order valence-electron chi connectivity index (χ4n) is 2.77. The van der Waals surface area contributed by atoms with Gasteiger partial charge in [-0.25, -0.2) is 22.9 Å². The minimum atomic E-state index is -1.58. The van der Waals surface area contributed by atoms with E-state index in [4.69, 9.17) is 0 Å². The Kier molecular flexibility index (Phi) is 5.00. The van der Waals surface area contributed by atoms with E-state index in [0.717, 1.165) is 33.3 Å². The Balaban J connectivity index is 1.57. The minimum Gasteiger partial charge on any atom is -0.362 e. The van der Waals surface area contributed by atoms with Crippen molar-refractivity contribution < 1.29 is 18.0 Å². The van der Waals surface area contributed by atoms with E-state index in [-0.39, 0.29) is 11.9 Å². The van der Waals surface area contributed by atoms with Crippen LogP contribution in [-0.4, -0.2) is 10.9 Å². The van der Waals surface area contributed by atoms with Crippen molar-refractivity contribution in [3.05, 3.63) is 69.4 Å². The van der Waals surface area contributed by atoms with Crippen LogP contribution in [0.2, 0.25) is 0 Å².